The molecule has 1 aliphatic heterocycles. The normalized spacial score (nSPS) is 13.9. The number of nitrogens with zero attached hydrogens (tertiary/aromatic N) is 3. The highest BCUT2D eigenvalue weighted by Gasteiger charge is 2.22. The summed E-state index contributed by atoms with van der Waals surface area (Å²) in [5.74, 6) is 0.944. The fourth-order valence-corrected chi connectivity index (χ4v) is 6.10. The molecule has 0 atom stereocenters. The van der Waals surface area contributed by atoms with Gasteiger partial charge in [0, 0.05) is 45.7 Å². The summed E-state index contributed by atoms with van der Waals surface area (Å²) in [5.41, 5.74) is 2.23. The standard InChI is InChI=1S/C21H27ClN4O3S2/c1-25(15-11-16-5-7-17(8-6-16)21-23-12-13-24-21)19(27)4-3-14-26(2)31(28,29)20-10-9-18(22)30-20/h5-10H,3-4,11-15H2,1-2H3,(H,23,24). The van der Waals surface area contributed by atoms with E-state index in [1.165, 1.54) is 17.4 Å². The second-order valence-corrected chi connectivity index (χ2v) is 11.4. The van der Waals surface area contributed by atoms with E-state index in [4.69, 9.17) is 11.6 Å². The number of halogens is 1. The van der Waals surface area contributed by atoms with E-state index < -0.39 is 10.0 Å². The van der Waals surface area contributed by atoms with E-state index in [9.17, 15) is 13.2 Å². The minimum Gasteiger partial charge on any atom is -0.368 e. The van der Waals surface area contributed by atoms with Crippen molar-refractivity contribution in [2.24, 2.45) is 4.99 Å². The van der Waals surface area contributed by atoms with Crippen LogP contribution in [-0.2, 0) is 21.2 Å². The number of nitrogens with one attached hydrogen (secondary N) is 1. The van der Waals surface area contributed by atoms with Crippen molar-refractivity contribution in [3.05, 3.63) is 51.9 Å². The van der Waals surface area contributed by atoms with Crippen LogP contribution in [0.4, 0.5) is 0 Å². The zero-order valence-electron chi connectivity index (χ0n) is 17.7. The van der Waals surface area contributed by atoms with E-state index in [0.29, 0.717) is 23.7 Å². The highest BCUT2D eigenvalue weighted by atomic mass is 35.5. The molecule has 7 nitrogen and oxygen atoms in total. The first-order valence-electron chi connectivity index (χ1n) is 10.1. The predicted molar refractivity (Wildman–Crippen MR) is 126 cm³/mol. The molecule has 0 spiro atoms. The number of aliphatic imine (C=N–C) groups is 1. The number of hydrogen-bond donors (Lipinski definition) is 1. The third kappa shape index (κ3) is 6.29. The van der Waals surface area contributed by atoms with Crippen LogP contribution >= 0.6 is 22.9 Å². The van der Waals surface area contributed by atoms with Gasteiger partial charge in [0.2, 0.25) is 5.91 Å². The summed E-state index contributed by atoms with van der Waals surface area (Å²) < 4.78 is 26.9. The molecule has 1 aliphatic rings. The van der Waals surface area contributed by atoms with Crippen LogP contribution in [0.3, 0.4) is 0 Å². The highest BCUT2D eigenvalue weighted by molar-refractivity contribution is 7.91. The summed E-state index contributed by atoms with van der Waals surface area (Å²) in [5, 5.41) is 3.26. The Balaban J connectivity index is 1.41. The Morgan fingerprint density at radius 3 is 2.52 bits per heavy atom. The van der Waals surface area contributed by atoms with Gasteiger partial charge in [-0.3, -0.25) is 9.79 Å². The van der Waals surface area contributed by atoms with Gasteiger partial charge in [0.05, 0.1) is 10.9 Å². The van der Waals surface area contributed by atoms with E-state index in [0.717, 1.165) is 47.8 Å². The van der Waals surface area contributed by atoms with Gasteiger partial charge in [0.15, 0.2) is 0 Å². The van der Waals surface area contributed by atoms with Crippen LogP contribution in [0.1, 0.15) is 24.0 Å². The van der Waals surface area contributed by atoms with Crippen LogP contribution in [0.5, 0.6) is 0 Å². The van der Waals surface area contributed by atoms with Crippen molar-refractivity contribution in [1.29, 1.82) is 0 Å². The molecule has 0 fully saturated rings. The number of thiophene rings is 1. The number of carbonyl (C=O) groups is 1. The molecule has 1 amide bonds. The van der Waals surface area contributed by atoms with Gasteiger partial charge >= 0.3 is 0 Å². The number of sulfonamides is 1. The van der Waals surface area contributed by atoms with Crippen LogP contribution in [-0.4, -0.2) is 69.6 Å². The Kier molecular flexibility index (Phi) is 8.10. The lowest BCUT2D eigenvalue weighted by molar-refractivity contribution is -0.130. The molecule has 1 aromatic heterocycles. The number of hydrogen-bond acceptors (Lipinski definition) is 6. The molecule has 0 unspecified atom stereocenters. The van der Waals surface area contributed by atoms with Crippen molar-refractivity contribution in [3.63, 3.8) is 0 Å². The molecule has 2 aromatic rings. The summed E-state index contributed by atoms with van der Waals surface area (Å²) >= 11 is 6.87. The third-order valence-corrected chi connectivity index (χ3v) is 8.70. The average Bonchev–Trinajstić information content (AvgIpc) is 3.44. The van der Waals surface area contributed by atoms with Gasteiger partial charge in [-0.15, -0.1) is 11.3 Å². The van der Waals surface area contributed by atoms with Gasteiger partial charge in [-0.25, -0.2) is 12.7 Å². The molecule has 0 bridgehead atoms. The second kappa shape index (κ2) is 10.6. The average molecular weight is 483 g/mol. The van der Waals surface area contributed by atoms with E-state index in [1.54, 1.807) is 18.0 Å². The monoisotopic (exact) mass is 482 g/mol. The molecule has 0 aliphatic carbocycles. The highest BCUT2D eigenvalue weighted by Crippen LogP contribution is 2.27. The first kappa shape index (κ1) is 23.7. The molecule has 1 aromatic carbocycles. The molecule has 3 rings (SSSR count). The molecule has 168 valence electrons. The summed E-state index contributed by atoms with van der Waals surface area (Å²) in [6.07, 6.45) is 1.52. The van der Waals surface area contributed by atoms with Crippen molar-refractivity contribution < 1.29 is 13.2 Å². The Labute approximate surface area is 192 Å². The predicted octanol–water partition coefficient (Wildman–Crippen LogP) is 2.85. The van der Waals surface area contributed by atoms with Gasteiger partial charge in [0.1, 0.15) is 10.0 Å². The van der Waals surface area contributed by atoms with Crippen LogP contribution < -0.4 is 5.32 Å². The minimum atomic E-state index is -3.56. The van der Waals surface area contributed by atoms with Crippen molar-refractivity contribution in [3.8, 4) is 0 Å². The van der Waals surface area contributed by atoms with Gasteiger partial charge in [0.25, 0.3) is 10.0 Å². The van der Waals surface area contributed by atoms with Gasteiger partial charge in [-0.05, 0) is 30.5 Å². The maximum absolute atomic E-state index is 12.5. The molecule has 1 N–H and O–H groups in total. The molecular weight excluding hydrogens is 456 g/mol. The second-order valence-electron chi connectivity index (χ2n) is 7.41. The minimum absolute atomic E-state index is 0.00565. The summed E-state index contributed by atoms with van der Waals surface area (Å²) in [7, 11) is -0.262. The van der Waals surface area contributed by atoms with E-state index >= 15 is 0 Å². The molecule has 0 saturated carbocycles. The number of benzene rings is 1. The Morgan fingerprint density at radius 2 is 1.90 bits per heavy atom. The van der Waals surface area contributed by atoms with Crippen molar-refractivity contribution in [1.82, 2.24) is 14.5 Å². The molecule has 0 radical (unpaired) electrons. The lowest BCUT2D eigenvalue weighted by atomic mass is 10.1. The zero-order chi connectivity index (χ0) is 22.4. The Hall–Kier alpha value is -1.94. The zero-order valence-corrected chi connectivity index (χ0v) is 20.1. The lowest BCUT2D eigenvalue weighted by Gasteiger charge is -2.19. The Morgan fingerprint density at radius 1 is 1.16 bits per heavy atom. The topological polar surface area (TPSA) is 82.1 Å². The summed E-state index contributed by atoms with van der Waals surface area (Å²) in [6.45, 7) is 2.58. The van der Waals surface area contributed by atoms with Crippen LogP contribution in [0.15, 0.2) is 45.6 Å². The third-order valence-electron chi connectivity index (χ3n) is 5.14. The van der Waals surface area contributed by atoms with Crippen molar-refractivity contribution >= 4 is 44.7 Å². The quantitative estimate of drug-likeness (QED) is 0.564. The number of likely N-dealkylation sites (N-methyl/N-ethyl adjacent to an activating group) is 1. The smallest absolute Gasteiger partial charge is 0.252 e. The van der Waals surface area contributed by atoms with E-state index in [-0.39, 0.29) is 16.7 Å². The molecule has 0 saturated heterocycles. The number of amidine groups is 1. The molecule has 10 heteroatoms. The molecule has 2 heterocycles. The maximum Gasteiger partial charge on any atom is 0.252 e. The Bertz CT molecular complexity index is 1040. The summed E-state index contributed by atoms with van der Waals surface area (Å²) in [4.78, 5) is 18.5. The largest absolute Gasteiger partial charge is 0.368 e. The molecule has 31 heavy (non-hydrogen) atoms. The fourth-order valence-electron chi connectivity index (χ4n) is 3.20. The van der Waals surface area contributed by atoms with Gasteiger partial charge in [-0.2, -0.15) is 0 Å². The fraction of sp³-hybridized carbons (Fsp3) is 0.429. The van der Waals surface area contributed by atoms with Crippen molar-refractivity contribution in [2.45, 2.75) is 23.5 Å². The first-order valence-corrected chi connectivity index (χ1v) is 12.7. The van der Waals surface area contributed by atoms with Crippen LogP contribution in [0.2, 0.25) is 4.34 Å². The SMILES string of the molecule is CN(CCc1ccc(C2=NCCN2)cc1)C(=O)CCCN(C)S(=O)(=O)c1ccc(Cl)s1. The van der Waals surface area contributed by atoms with Gasteiger partial charge in [-0.1, -0.05) is 35.9 Å². The maximum atomic E-state index is 12.5. The molecular formula is C21H27ClN4O3S2. The number of rotatable bonds is 10. The number of carbonyl (C=O) groups excluding carboxylic acids is 1. The lowest BCUT2D eigenvalue weighted by Crippen LogP contribution is -2.31. The van der Waals surface area contributed by atoms with Crippen LogP contribution in [0, 0.1) is 0 Å². The van der Waals surface area contributed by atoms with E-state index in [1.807, 2.05) is 12.1 Å². The van der Waals surface area contributed by atoms with Crippen LogP contribution in [0.25, 0.3) is 0 Å². The summed E-state index contributed by atoms with van der Waals surface area (Å²) in [6, 6.07) is 11.3. The van der Waals surface area contributed by atoms with Crippen molar-refractivity contribution in [2.75, 3.05) is 40.3 Å². The first-order chi connectivity index (χ1) is 14.8. The van der Waals surface area contributed by atoms with E-state index in [2.05, 4.69) is 22.4 Å². The van der Waals surface area contributed by atoms with Gasteiger partial charge < -0.3 is 10.2 Å². The number of amides is 1.